The zero-order chi connectivity index (χ0) is 20.4. The quantitative estimate of drug-likeness (QED) is 0.673. The summed E-state index contributed by atoms with van der Waals surface area (Å²) in [7, 11) is 0. The number of amides is 2. The lowest BCUT2D eigenvalue weighted by Crippen LogP contribution is -2.25. The first-order valence-corrected chi connectivity index (χ1v) is 10.1. The third-order valence-electron chi connectivity index (χ3n) is 4.68. The molecule has 2 amide bonds. The minimum Gasteiger partial charge on any atom is -0.492 e. The summed E-state index contributed by atoms with van der Waals surface area (Å²) in [6.45, 7) is 2.89. The molecular formula is C21H19N3O4S. The van der Waals surface area contributed by atoms with Gasteiger partial charge in [-0.05, 0) is 49.2 Å². The fourth-order valence-electron chi connectivity index (χ4n) is 3.23. The molecule has 0 radical (unpaired) electrons. The van der Waals surface area contributed by atoms with E-state index in [1.807, 2.05) is 42.1 Å². The van der Waals surface area contributed by atoms with Crippen molar-refractivity contribution in [2.24, 2.45) is 0 Å². The topological polar surface area (TPSA) is 90.3 Å². The summed E-state index contributed by atoms with van der Waals surface area (Å²) in [4.78, 5) is 34.4. The normalized spacial score (nSPS) is 16.2. The third-order valence-corrected chi connectivity index (χ3v) is 5.66. The molecule has 7 nitrogen and oxygen atoms in total. The van der Waals surface area contributed by atoms with Gasteiger partial charge in [-0.2, -0.15) is 5.10 Å². The molecule has 1 N–H and O–H groups in total. The minimum atomic E-state index is -0.370. The van der Waals surface area contributed by atoms with Crippen molar-refractivity contribution in [3.05, 3.63) is 70.1 Å². The van der Waals surface area contributed by atoms with Gasteiger partial charge in [0.15, 0.2) is 5.43 Å². The zero-order valence-corrected chi connectivity index (χ0v) is 16.6. The molecule has 1 saturated heterocycles. The van der Waals surface area contributed by atoms with E-state index >= 15 is 0 Å². The van der Waals surface area contributed by atoms with Crippen molar-refractivity contribution in [2.75, 3.05) is 6.61 Å². The van der Waals surface area contributed by atoms with Crippen molar-refractivity contribution >= 4 is 22.9 Å². The predicted molar refractivity (Wildman–Crippen MR) is 110 cm³/mol. The number of benzene rings is 2. The van der Waals surface area contributed by atoms with Crippen LogP contribution in [-0.4, -0.2) is 32.8 Å². The number of nitrogens with zero attached hydrogens (tertiary/aromatic N) is 2. The van der Waals surface area contributed by atoms with Gasteiger partial charge < -0.3 is 4.74 Å². The average molecular weight is 409 g/mol. The summed E-state index contributed by atoms with van der Waals surface area (Å²) < 4.78 is 7.60. The summed E-state index contributed by atoms with van der Waals surface area (Å²) in [5.74, 6) is 0.490. The van der Waals surface area contributed by atoms with Crippen LogP contribution in [0.25, 0.3) is 11.1 Å². The molecule has 1 atom stereocenters. The highest BCUT2D eigenvalue weighted by Gasteiger charge is 2.31. The first-order chi connectivity index (χ1) is 14.0. The molecular weight excluding hydrogens is 390 g/mol. The van der Waals surface area contributed by atoms with E-state index < -0.39 is 0 Å². The highest BCUT2D eigenvalue weighted by molar-refractivity contribution is 8.15. The Kier molecular flexibility index (Phi) is 5.35. The lowest BCUT2D eigenvalue weighted by molar-refractivity contribution is -0.118. The van der Waals surface area contributed by atoms with Crippen LogP contribution in [0.5, 0.6) is 5.75 Å². The van der Waals surface area contributed by atoms with E-state index in [1.54, 1.807) is 18.2 Å². The molecule has 1 aromatic rings. The number of hydrogen-bond donors (Lipinski definition) is 1. The molecule has 0 saturated carbocycles. The summed E-state index contributed by atoms with van der Waals surface area (Å²) in [6.07, 6.45) is 2.41. The van der Waals surface area contributed by atoms with Crippen molar-refractivity contribution in [2.45, 2.75) is 25.1 Å². The molecule has 0 bridgehead atoms. The van der Waals surface area contributed by atoms with Crippen LogP contribution in [-0.2, 0) is 17.8 Å². The third kappa shape index (κ3) is 4.48. The summed E-state index contributed by atoms with van der Waals surface area (Å²) in [6, 6.07) is 12.5. The van der Waals surface area contributed by atoms with Gasteiger partial charge in [0, 0.05) is 17.3 Å². The second-order valence-electron chi connectivity index (χ2n) is 6.81. The van der Waals surface area contributed by atoms with Gasteiger partial charge in [0.2, 0.25) is 5.91 Å². The lowest BCUT2D eigenvalue weighted by atomic mass is 10.1. The van der Waals surface area contributed by atoms with E-state index in [0.717, 1.165) is 39.9 Å². The number of hydrogen-bond acceptors (Lipinski definition) is 6. The van der Waals surface area contributed by atoms with E-state index in [9.17, 15) is 14.4 Å². The van der Waals surface area contributed by atoms with Crippen LogP contribution < -0.4 is 15.5 Å². The largest absolute Gasteiger partial charge is 0.492 e. The maximum absolute atomic E-state index is 11.7. The number of thioether (sulfide) groups is 1. The maximum atomic E-state index is 11.7. The van der Waals surface area contributed by atoms with E-state index in [4.69, 9.17) is 4.74 Å². The number of aryl methyl sites for hydroxylation is 1. The Morgan fingerprint density at radius 2 is 1.93 bits per heavy atom. The molecule has 4 rings (SSSR count). The monoisotopic (exact) mass is 409 g/mol. The molecule has 0 spiro atoms. The standard InChI is InChI=1S/C21H19N3O4S/c1-13-18-11-16(25)5-4-15(18)12-24(23-13)8-9-28-17-6-2-14(3-7-17)10-19-20(26)22-21(27)29-19/h2-7,11-12,19H,8-10H2,1H3,(H,22,26,27). The molecule has 0 aromatic heterocycles. The molecule has 2 heterocycles. The van der Waals surface area contributed by atoms with Crippen LogP contribution in [0.2, 0.25) is 0 Å². The molecule has 1 unspecified atom stereocenters. The van der Waals surface area contributed by atoms with E-state index in [0.29, 0.717) is 19.6 Å². The smallest absolute Gasteiger partial charge is 0.286 e. The number of nitrogens with one attached hydrogen (secondary N) is 1. The van der Waals surface area contributed by atoms with E-state index in [2.05, 4.69) is 10.4 Å². The van der Waals surface area contributed by atoms with Crippen molar-refractivity contribution in [1.82, 2.24) is 15.1 Å². The SMILES string of the molecule is Cc1nn(CCOc2ccc(CC3SC(=O)NC3=O)cc2)cc2ccc(=O)cc1-2. The minimum absolute atomic E-state index is 0.0225. The van der Waals surface area contributed by atoms with Gasteiger partial charge in [0.1, 0.15) is 12.4 Å². The molecule has 1 aromatic carbocycles. The molecule has 8 heteroatoms. The van der Waals surface area contributed by atoms with E-state index in [1.165, 1.54) is 0 Å². The lowest BCUT2D eigenvalue weighted by Gasteiger charge is -2.14. The second-order valence-corrected chi connectivity index (χ2v) is 7.98. The molecule has 148 valence electrons. The predicted octanol–water partition coefficient (Wildman–Crippen LogP) is 2.63. The Balaban J connectivity index is 1.34. The summed E-state index contributed by atoms with van der Waals surface area (Å²) in [5, 5.41) is 6.13. The van der Waals surface area contributed by atoms with Gasteiger partial charge in [-0.25, -0.2) is 0 Å². The Hall–Kier alpha value is -3.13. The number of fused-ring (bicyclic) bond motifs is 1. The van der Waals surface area contributed by atoms with Crippen LogP contribution in [0.1, 0.15) is 11.3 Å². The highest BCUT2D eigenvalue weighted by Crippen LogP contribution is 2.24. The van der Waals surface area contributed by atoms with Crippen molar-refractivity contribution < 1.29 is 14.3 Å². The number of carbonyl (C=O) groups is 2. The second kappa shape index (κ2) is 8.08. The van der Waals surface area contributed by atoms with E-state index in [-0.39, 0.29) is 21.8 Å². The highest BCUT2D eigenvalue weighted by atomic mass is 32.2. The fraction of sp³-hybridized carbons (Fsp3) is 0.238. The first kappa shape index (κ1) is 19.2. The zero-order valence-electron chi connectivity index (χ0n) is 15.8. The average Bonchev–Trinajstić information content (AvgIpc) is 3.01. The van der Waals surface area contributed by atoms with Crippen LogP contribution in [0.4, 0.5) is 4.79 Å². The summed E-state index contributed by atoms with van der Waals surface area (Å²) >= 11 is 1.03. The molecule has 2 aliphatic heterocycles. The van der Waals surface area contributed by atoms with Crippen LogP contribution in [0, 0.1) is 6.92 Å². The fourth-order valence-corrected chi connectivity index (χ4v) is 4.09. The van der Waals surface area contributed by atoms with Gasteiger partial charge >= 0.3 is 0 Å². The molecule has 1 fully saturated rings. The number of imide groups is 1. The molecule has 29 heavy (non-hydrogen) atoms. The van der Waals surface area contributed by atoms with Crippen LogP contribution in [0.15, 0.2) is 53.5 Å². The van der Waals surface area contributed by atoms with Crippen molar-refractivity contribution in [3.8, 4) is 16.9 Å². The van der Waals surface area contributed by atoms with Gasteiger partial charge in [-0.3, -0.25) is 24.4 Å². The Morgan fingerprint density at radius 1 is 1.14 bits per heavy atom. The first-order valence-electron chi connectivity index (χ1n) is 9.19. The Labute approximate surface area is 171 Å². The number of carbonyl (C=O) groups excluding carboxylic acids is 2. The Bertz CT molecular complexity index is 1090. The number of ether oxygens (including phenoxy) is 1. The van der Waals surface area contributed by atoms with Gasteiger partial charge in [-0.1, -0.05) is 23.9 Å². The summed E-state index contributed by atoms with van der Waals surface area (Å²) in [5.41, 5.74) is 3.58. The molecule has 3 aliphatic rings. The van der Waals surface area contributed by atoms with Gasteiger partial charge in [0.25, 0.3) is 5.24 Å². The van der Waals surface area contributed by atoms with Gasteiger partial charge in [-0.15, -0.1) is 0 Å². The molecule has 1 aliphatic carbocycles. The van der Waals surface area contributed by atoms with Gasteiger partial charge in [0.05, 0.1) is 17.5 Å². The Morgan fingerprint density at radius 3 is 2.66 bits per heavy atom. The maximum Gasteiger partial charge on any atom is 0.286 e. The number of aromatic nitrogens is 2. The van der Waals surface area contributed by atoms with Crippen LogP contribution in [0.3, 0.4) is 0 Å². The van der Waals surface area contributed by atoms with Crippen molar-refractivity contribution in [3.63, 3.8) is 0 Å². The number of rotatable bonds is 6. The van der Waals surface area contributed by atoms with Crippen LogP contribution >= 0.6 is 11.8 Å². The van der Waals surface area contributed by atoms with Crippen molar-refractivity contribution in [1.29, 1.82) is 0 Å².